The maximum Gasteiger partial charge on any atom is 0.0963 e. The van der Waals surface area contributed by atoms with Crippen LogP contribution in [-0.2, 0) is 0 Å². The van der Waals surface area contributed by atoms with Crippen molar-refractivity contribution in [3.63, 3.8) is 0 Å². The predicted octanol–water partition coefficient (Wildman–Crippen LogP) is 1.64. The summed E-state index contributed by atoms with van der Waals surface area (Å²) < 4.78 is 0. The molecule has 0 aliphatic carbocycles. The van der Waals surface area contributed by atoms with Crippen molar-refractivity contribution >= 4 is 10.9 Å². The third-order valence-electron chi connectivity index (χ3n) is 2.05. The van der Waals surface area contributed by atoms with Gasteiger partial charge in [0.2, 0.25) is 0 Å². The highest BCUT2D eigenvalue weighted by Gasteiger charge is 2.01. The van der Waals surface area contributed by atoms with Gasteiger partial charge in [0.15, 0.2) is 0 Å². The van der Waals surface area contributed by atoms with E-state index >= 15 is 0 Å². The third kappa shape index (κ3) is 0.942. The molecule has 3 heteroatoms. The standard InChI is InChI=1S/C9H9N3/c1-6-7(2)11-12-9-3-4-10-5-8(6)9/h3-5H,1-2H3. The van der Waals surface area contributed by atoms with E-state index in [1.165, 1.54) is 0 Å². The average Bonchev–Trinajstić information content (AvgIpc) is 2.12. The smallest absolute Gasteiger partial charge is 0.0963 e. The second-order valence-corrected chi connectivity index (χ2v) is 2.80. The van der Waals surface area contributed by atoms with Gasteiger partial charge in [0.1, 0.15) is 0 Å². The van der Waals surface area contributed by atoms with Gasteiger partial charge >= 0.3 is 0 Å². The Labute approximate surface area is 70.5 Å². The number of pyridine rings is 1. The minimum Gasteiger partial charge on any atom is -0.264 e. The minimum absolute atomic E-state index is 0.910. The summed E-state index contributed by atoms with van der Waals surface area (Å²) >= 11 is 0. The van der Waals surface area contributed by atoms with Gasteiger partial charge in [-0.15, -0.1) is 0 Å². The summed E-state index contributed by atoms with van der Waals surface area (Å²) in [6.07, 6.45) is 3.55. The SMILES string of the molecule is Cc1nnc2ccncc2c1C. The number of hydrogen-bond donors (Lipinski definition) is 0. The second kappa shape index (κ2) is 2.52. The molecule has 3 nitrogen and oxygen atoms in total. The van der Waals surface area contributed by atoms with Crippen LogP contribution in [0.5, 0.6) is 0 Å². The zero-order valence-corrected chi connectivity index (χ0v) is 7.07. The number of nitrogens with zero attached hydrogens (tertiary/aromatic N) is 3. The van der Waals surface area contributed by atoms with E-state index in [0.717, 1.165) is 22.2 Å². The van der Waals surface area contributed by atoms with Gasteiger partial charge in [0, 0.05) is 17.8 Å². The number of fused-ring (bicyclic) bond motifs is 1. The molecular formula is C9H9N3. The van der Waals surface area contributed by atoms with Crippen molar-refractivity contribution in [2.75, 3.05) is 0 Å². The summed E-state index contributed by atoms with van der Waals surface area (Å²) in [6.45, 7) is 3.99. The molecule has 0 spiro atoms. The van der Waals surface area contributed by atoms with E-state index in [9.17, 15) is 0 Å². The molecule has 60 valence electrons. The molecule has 2 heterocycles. The van der Waals surface area contributed by atoms with Crippen molar-refractivity contribution in [1.82, 2.24) is 15.2 Å². The van der Waals surface area contributed by atoms with Crippen LogP contribution in [0.25, 0.3) is 10.9 Å². The van der Waals surface area contributed by atoms with Crippen molar-refractivity contribution in [2.24, 2.45) is 0 Å². The maximum atomic E-state index is 4.05. The molecule has 0 saturated carbocycles. The van der Waals surface area contributed by atoms with E-state index in [2.05, 4.69) is 15.2 Å². The monoisotopic (exact) mass is 159 g/mol. The van der Waals surface area contributed by atoms with Crippen LogP contribution in [0.2, 0.25) is 0 Å². The molecule has 2 aromatic heterocycles. The minimum atomic E-state index is 0.910. The van der Waals surface area contributed by atoms with Crippen LogP contribution in [-0.4, -0.2) is 15.2 Å². The van der Waals surface area contributed by atoms with Crippen LogP contribution in [0.4, 0.5) is 0 Å². The van der Waals surface area contributed by atoms with Crippen LogP contribution < -0.4 is 0 Å². The van der Waals surface area contributed by atoms with Crippen LogP contribution in [0.15, 0.2) is 18.5 Å². The first-order chi connectivity index (χ1) is 5.79. The molecule has 0 amide bonds. The number of aryl methyl sites for hydroxylation is 2. The highest BCUT2D eigenvalue weighted by Crippen LogP contribution is 2.14. The Morgan fingerprint density at radius 2 is 2.00 bits per heavy atom. The molecule has 0 N–H and O–H groups in total. The van der Waals surface area contributed by atoms with Gasteiger partial charge in [-0.3, -0.25) is 4.98 Å². The summed E-state index contributed by atoms with van der Waals surface area (Å²) in [5, 5.41) is 9.17. The largest absolute Gasteiger partial charge is 0.264 e. The summed E-state index contributed by atoms with van der Waals surface area (Å²) in [6, 6.07) is 1.87. The fourth-order valence-corrected chi connectivity index (χ4v) is 1.16. The Balaban J connectivity index is 2.91. The molecule has 0 atom stereocenters. The lowest BCUT2D eigenvalue weighted by Gasteiger charge is -2.01. The lowest BCUT2D eigenvalue weighted by Crippen LogP contribution is -1.92. The molecule has 0 aliphatic heterocycles. The molecule has 0 aliphatic rings. The fourth-order valence-electron chi connectivity index (χ4n) is 1.16. The molecule has 2 rings (SSSR count). The van der Waals surface area contributed by atoms with E-state index in [1.807, 2.05) is 26.1 Å². The van der Waals surface area contributed by atoms with Crippen LogP contribution in [0, 0.1) is 13.8 Å². The highest BCUT2D eigenvalue weighted by atomic mass is 15.1. The molecule has 0 aromatic carbocycles. The number of rotatable bonds is 0. The Bertz CT molecular complexity index is 423. The molecule has 0 fully saturated rings. The number of hydrogen-bond acceptors (Lipinski definition) is 3. The van der Waals surface area contributed by atoms with Crippen LogP contribution in [0.3, 0.4) is 0 Å². The quantitative estimate of drug-likeness (QED) is 0.586. The van der Waals surface area contributed by atoms with Gasteiger partial charge in [-0.2, -0.15) is 10.2 Å². The summed E-state index contributed by atoms with van der Waals surface area (Å²) in [5.41, 5.74) is 3.04. The summed E-state index contributed by atoms with van der Waals surface area (Å²) in [7, 11) is 0. The summed E-state index contributed by atoms with van der Waals surface area (Å²) in [4.78, 5) is 4.05. The molecule has 0 radical (unpaired) electrons. The first kappa shape index (κ1) is 7.16. The predicted molar refractivity (Wildman–Crippen MR) is 46.8 cm³/mol. The second-order valence-electron chi connectivity index (χ2n) is 2.80. The first-order valence-electron chi connectivity index (χ1n) is 3.82. The van der Waals surface area contributed by atoms with Gasteiger partial charge in [-0.1, -0.05) is 0 Å². The van der Waals surface area contributed by atoms with E-state index in [0.29, 0.717) is 0 Å². The average molecular weight is 159 g/mol. The molecule has 2 aromatic rings. The molecular weight excluding hydrogens is 150 g/mol. The van der Waals surface area contributed by atoms with Gasteiger partial charge in [-0.25, -0.2) is 0 Å². The lowest BCUT2D eigenvalue weighted by atomic mass is 10.1. The van der Waals surface area contributed by atoms with E-state index in [1.54, 1.807) is 6.20 Å². The molecule has 0 saturated heterocycles. The highest BCUT2D eigenvalue weighted by molar-refractivity contribution is 5.80. The molecule has 0 bridgehead atoms. The van der Waals surface area contributed by atoms with Crippen molar-refractivity contribution < 1.29 is 0 Å². The Kier molecular flexibility index (Phi) is 1.50. The zero-order valence-electron chi connectivity index (χ0n) is 7.07. The lowest BCUT2D eigenvalue weighted by molar-refractivity contribution is 0.997. The van der Waals surface area contributed by atoms with E-state index in [-0.39, 0.29) is 0 Å². The van der Waals surface area contributed by atoms with Gasteiger partial charge < -0.3 is 0 Å². The van der Waals surface area contributed by atoms with Crippen molar-refractivity contribution in [3.8, 4) is 0 Å². The third-order valence-corrected chi connectivity index (χ3v) is 2.05. The van der Waals surface area contributed by atoms with Crippen molar-refractivity contribution in [1.29, 1.82) is 0 Å². The summed E-state index contributed by atoms with van der Waals surface area (Å²) in [5.74, 6) is 0. The van der Waals surface area contributed by atoms with Crippen molar-refractivity contribution in [2.45, 2.75) is 13.8 Å². The Morgan fingerprint density at radius 1 is 1.17 bits per heavy atom. The molecule has 12 heavy (non-hydrogen) atoms. The van der Waals surface area contributed by atoms with Gasteiger partial charge in [0.05, 0.1) is 11.2 Å². The zero-order chi connectivity index (χ0) is 8.55. The Morgan fingerprint density at radius 3 is 2.83 bits per heavy atom. The maximum absolute atomic E-state index is 4.05. The van der Waals surface area contributed by atoms with E-state index in [4.69, 9.17) is 0 Å². The number of aromatic nitrogens is 3. The van der Waals surface area contributed by atoms with Gasteiger partial charge in [0.25, 0.3) is 0 Å². The normalized spacial score (nSPS) is 10.5. The topological polar surface area (TPSA) is 38.7 Å². The van der Waals surface area contributed by atoms with E-state index < -0.39 is 0 Å². The molecule has 0 unspecified atom stereocenters. The first-order valence-corrected chi connectivity index (χ1v) is 3.82. The Hall–Kier alpha value is -1.51. The van der Waals surface area contributed by atoms with Crippen molar-refractivity contribution in [3.05, 3.63) is 29.7 Å². The fraction of sp³-hybridized carbons (Fsp3) is 0.222. The van der Waals surface area contributed by atoms with Crippen LogP contribution in [0.1, 0.15) is 11.3 Å². The van der Waals surface area contributed by atoms with Crippen LogP contribution >= 0.6 is 0 Å². The van der Waals surface area contributed by atoms with Gasteiger partial charge in [-0.05, 0) is 25.5 Å².